The van der Waals surface area contributed by atoms with Gasteiger partial charge in [-0.2, -0.15) is 4.99 Å². The van der Waals surface area contributed by atoms with Crippen molar-refractivity contribution in [2.75, 3.05) is 7.05 Å². The number of aryl methyl sites for hydroxylation is 1. The van der Waals surface area contributed by atoms with Crippen molar-refractivity contribution in [3.8, 4) is 5.75 Å². The highest BCUT2D eigenvalue weighted by molar-refractivity contribution is 8.18. The summed E-state index contributed by atoms with van der Waals surface area (Å²) in [5, 5.41) is 3.90. The fourth-order valence-electron chi connectivity index (χ4n) is 2.71. The maximum atomic E-state index is 12.6. The second kappa shape index (κ2) is 9.04. The number of ether oxygens (including phenoxy) is 1. The Labute approximate surface area is 188 Å². The van der Waals surface area contributed by atoms with E-state index >= 15 is 0 Å². The molecule has 2 aromatic carbocycles. The predicted molar refractivity (Wildman–Crippen MR) is 125 cm³/mol. The molecule has 1 aliphatic heterocycles. The lowest BCUT2D eigenvalue weighted by Crippen LogP contribution is -2.23. The molecule has 1 saturated heterocycles. The molecule has 0 saturated carbocycles. The van der Waals surface area contributed by atoms with Crippen LogP contribution in [-0.4, -0.2) is 28.0 Å². The summed E-state index contributed by atoms with van der Waals surface area (Å²) in [6, 6.07) is 15.2. The van der Waals surface area contributed by atoms with Crippen LogP contribution in [0.25, 0.3) is 6.08 Å². The molecule has 3 aromatic rings. The van der Waals surface area contributed by atoms with Gasteiger partial charge in [-0.1, -0.05) is 41.9 Å². The second-order valence-corrected chi connectivity index (χ2v) is 8.84. The van der Waals surface area contributed by atoms with E-state index in [4.69, 9.17) is 16.3 Å². The lowest BCUT2D eigenvalue weighted by Gasteiger charge is -2.08. The molecule has 1 aliphatic rings. The van der Waals surface area contributed by atoms with Gasteiger partial charge in [-0.3, -0.25) is 9.69 Å². The number of hydrogen-bond donors (Lipinski definition) is 0. The minimum Gasteiger partial charge on any atom is -0.489 e. The number of aromatic nitrogens is 1. The van der Waals surface area contributed by atoms with E-state index in [2.05, 4.69) is 9.98 Å². The minimum atomic E-state index is -0.0777. The molecule has 0 unspecified atom stereocenters. The van der Waals surface area contributed by atoms with E-state index < -0.39 is 0 Å². The molecule has 8 heteroatoms. The van der Waals surface area contributed by atoms with Gasteiger partial charge in [0.1, 0.15) is 12.4 Å². The van der Waals surface area contributed by atoms with Gasteiger partial charge in [0, 0.05) is 23.0 Å². The quantitative estimate of drug-likeness (QED) is 0.448. The van der Waals surface area contributed by atoms with Crippen molar-refractivity contribution in [2.24, 2.45) is 4.99 Å². The first kappa shape index (κ1) is 20.7. The van der Waals surface area contributed by atoms with Crippen LogP contribution in [-0.2, 0) is 11.4 Å². The first-order valence-corrected chi connectivity index (χ1v) is 11.2. The summed E-state index contributed by atoms with van der Waals surface area (Å²) in [5.74, 6) is 0.659. The van der Waals surface area contributed by atoms with Crippen LogP contribution in [0.3, 0.4) is 0 Å². The third-order valence-corrected chi connectivity index (χ3v) is 6.61. The second-order valence-electron chi connectivity index (χ2n) is 6.59. The van der Waals surface area contributed by atoms with Gasteiger partial charge >= 0.3 is 0 Å². The number of amidine groups is 1. The van der Waals surface area contributed by atoms with Crippen LogP contribution >= 0.6 is 34.7 Å². The van der Waals surface area contributed by atoms with Crippen molar-refractivity contribution in [1.82, 2.24) is 9.88 Å². The fourth-order valence-corrected chi connectivity index (χ4v) is 4.60. The number of hydrogen-bond acceptors (Lipinski definition) is 6. The topological polar surface area (TPSA) is 54.8 Å². The van der Waals surface area contributed by atoms with Gasteiger partial charge in [0.05, 0.1) is 10.6 Å². The van der Waals surface area contributed by atoms with Gasteiger partial charge in [-0.25, -0.2) is 4.98 Å². The summed E-state index contributed by atoms with van der Waals surface area (Å²) in [7, 11) is 1.72. The molecule has 1 aromatic heterocycles. The highest BCUT2D eigenvalue weighted by atomic mass is 35.5. The van der Waals surface area contributed by atoms with E-state index in [1.54, 1.807) is 11.9 Å². The van der Waals surface area contributed by atoms with Crippen molar-refractivity contribution < 1.29 is 9.53 Å². The average molecular weight is 456 g/mol. The fraction of sp³-hybridized carbons (Fsp3) is 0.136. The maximum absolute atomic E-state index is 12.6. The number of carbonyl (C=O) groups excluding carboxylic acids is 1. The average Bonchev–Trinajstić information content (AvgIpc) is 3.27. The Morgan fingerprint density at radius 1 is 1.20 bits per heavy atom. The zero-order valence-corrected chi connectivity index (χ0v) is 18.7. The maximum Gasteiger partial charge on any atom is 0.266 e. The molecule has 0 bridgehead atoms. The van der Waals surface area contributed by atoms with Crippen LogP contribution in [0.1, 0.15) is 16.8 Å². The first-order chi connectivity index (χ1) is 14.5. The summed E-state index contributed by atoms with van der Waals surface area (Å²) < 4.78 is 5.81. The van der Waals surface area contributed by atoms with Crippen molar-refractivity contribution >= 4 is 57.0 Å². The molecular weight excluding hydrogens is 438 g/mol. The number of thiazole rings is 1. The van der Waals surface area contributed by atoms with Crippen LogP contribution < -0.4 is 4.74 Å². The number of carbonyl (C=O) groups is 1. The molecule has 1 amide bonds. The van der Waals surface area contributed by atoms with Gasteiger partial charge in [-0.05, 0) is 48.5 Å². The summed E-state index contributed by atoms with van der Waals surface area (Å²) in [6.45, 7) is 2.32. The van der Waals surface area contributed by atoms with E-state index in [0.29, 0.717) is 26.8 Å². The SMILES string of the molecule is Cc1csc(/N=C2/S/C(=C\c3ccc(OCc4ccccc4Cl)cc3)C(=O)N2C)n1. The Morgan fingerprint density at radius 2 is 1.97 bits per heavy atom. The first-order valence-electron chi connectivity index (χ1n) is 9.14. The summed E-state index contributed by atoms with van der Waals surface area (Å²) in [4.78, 5) is 23.6. The van der Waals surface area contributed by atoms with E-state index in [-0.39, 0.29) is 5.91 Å². The van der Waals surface area contributed by atoms with Gasteiger partial charge < -0.3 is 4.74 Å². The number of nitrogens with zero attached hydrogens (tertiary/aromatic N) is 3. The molecule has 152 valence electrons. The van der Waals surface area contributed by atoms with Crippen LogP contribution in [0.2, 0.25) is 5.02 Å². The van der Waals surface area contributed by atoms with Crippen molar-refractivity contribution in [3.63, 3.8) is 0 Å². The van der Waals surface area contributed by atoms with E-state index in [9.17, 15) is 4.79 Å². The number of halogens is 1. The molecule has 0 radical (unpaired) electrons. The molecule has 1 fully saturated rings. The predicted octanol–water partition coefficient (Wildman–Crippen LogP) is 5.92. The van der Waals surface area contributed by atoms with Crippen molar-refractivity contribution in [1.29, 1.82) is 0 Å². The number of benzene rings is 2. The van der Waals surface area contributed by atoms with Crippen LogP contribution in [0, 0.1) is 6.92 Å². The number of rotatable bonds is 5. The Morgan fingerprint density at radius 3 is 2.67 bits per heavy atom. The lowest BCUT2D eigenvalue weighted by atomic mass is 10.2. The Balaban J connectivity index is 1.45. The van der Waals surface area contributed by atoms with Crippen LogP contribution in [0.15, 0.2) is 63.8 Å². The molecule has 5 nitrogen and oxygen atoms in total. The van der Waals surface area contributed by atoms with Gasteiger partial charge in [0.25, 0.3) is 5.91 Å². The number of aliphatic imine (C=N–C) groups is 1. The Bertz CT molecular complexity index is 1140. The third-order valence-electron chi connectivity index (χ3n) is 4.33. The molecule has 30 heavy (non-hydrogen) atoms. The van der Waals surface area contributed by atoms with Crippen LogP contribution in [0.5, 0.6) is 5.75 Å². The standard InChI is InChI=1S/C22H18ClN3O2S2/c1-14-13-29-21(24-14)25-22-26(2)20(27)19(30-22)11-15-7-9-17(10-8-15)28-12-16-5-3-4-6-18(16)23/h3-11,13H,12H2,1-2H3/b19-11-,25-22+. The summed E-state index contributed by atoms with van der Waals surface area (Å²) in [6.07, 6.45) is 1.86. The minimum absolute atomic E-state index is 0.0777. The molecule has 4 rings (SSSR count). The normalized spacial score (nSPS) is 16.6. The number of likely N-dealkylation sites (N-methyl/N-ethyl adjacent to an activating group) is 1. The zero-order chi connectivity index (χ0) is 21.1. The van der Waals surface area contributed by atoms with E-state index in [1.165, 1.54) is 23.1 Å². The molecule has 2 heterocycles. The van der Waals surface area contributed by atoms with Gasteiger partial charge in [0.2, 0.25) is 5.13 Å². The van der Waals surface area contributed by atoms with Gasteiger partial charge in [-0.15, -0.1) is 11.3 Å². The largest absolute Gasteiger partial charge is 0.489 e. The molecule has 0 N–H and O–H groups in total. The highest BCUT2D eigenvalue weighted by Gasteiger charge is 2.30. The summed E-state index contributed by atoms with van der Waals surface area (Å²) >= 11 is 8.97. The van der Waals surface area contributed by atoms with E-state index in [1.807, 2.05) is 66.9 Å². The van der Waals surface area contributed by atoms with Crippen molar-refractivity contribution in [2.45, 2.75) is 13.5 Å². The van der Waals surface area contributed by atoms with E-state index in [0.717, 1.165) is 22.6 Å². The van der Waals surface area contributed by atoms with Crippen molar-refractivity contribution in [3.05, 3.63) is 80.7 Å². The van der Waals surface area contributed by atoms with Crippen LogP contribution in [0.4, 0.5) is 5.13 Å². The number of thioether (sulfide) groups is 1. The van der Waals surface area contributed by atoms with Gasteiger partial charge in [0.15, 0.2) is 5.17 Å². The third kappa shape index (κ3) is 4.75. The summed E-state index contributed by atoms with van der Waals surface area (Å²) in [5.41, 5.74) is 2.77. The molecule has 0 spiro atoms. The smallest absolute Gasteiger partial charge is 0.266 e. The monoisotopic (exact) mass is 455 g/mol. The zero-order valence-electron chi connectivity index (χ0n) is 16.3. The lowest BCUT2D eigenvalue weighted by molar-refractivity contribution is -0.121. The number of amides is 1. The Kier molecular flexibility index (Phi) is 6.22. The molecular formula is C22H18ClN3O2S2. The Hall–Kier alpha value is -2.61. The molecule has 0 atom stereocenters. The highest BCUT2D eigenvalue weighted by Crippen LogP contribution is 2.34. The molecule has 0 aliphatic carbocycles.